The van der Waals surface area contributed by atoms with Crippen molar-refractivity contribution in [2.45, 2.75) is 31.4 Å². The molecular formula is C11H17NO3. The fourth-order valence-electron chi connectivity index (χ4n) is 1.98. The molecule has 0 aromatic carbocycles. The van der Waals surface area contributed by atoms with Crippen molar-refractivity contribution in [2.75, 3.05) is 20.3 Å². The molecule has 84 valence electrons. The van der Waals surface area contributed by atoms with E-state index in [-0.39, 0.29) is 17.9 Å². The van der Waals surface area contributed by atoms with Crippen LogP contribution in [-0.4, -0.2) is 38.2 Å². The summed E-state index contributed by atoms with van der Waals surface area (Å²) in [5, 5.41) is 3.16. The second-order valence-corrected chi connectivity index (χ2v) is 3.98. The lowest BCUT2D eigenvalue weighted by Gasteiger charge is -2.16. The summed E-state index contributed by atoms with van der Waals surface area (Å²) in [4.78, 5) is 12.0. The van der Waals surface area contributed by atoms with Crippen LogP contribution in [0.25, 0.3) is 0 Å². The van der Waals surface area contributed by atoms with Crippen molar-refractivity contribution in [3.8, 4) is 0 Å². The van der Waals surface area contributed by atoms with Gasteiger partial charge in [-0.3, -0.25) is 4.79 Å². The highest BCUT2D eigenvalue weighted by atomic mass is 16.5. The molecular weight excluding hydrogens is 194 g/mol. The van der Waals surface area contributed by atoms with Gasteiger partial charge in [-0.15, -0.1) is 0 Å². The first-order chi connectivity index (χ1) is 7.31. The number of ketones is 1. The van der Waals surface area contributed by atoms with E-state index in [1.165, 1.54) is 0 Å². The van der Waals surface area contributed by atoms with Gasteiger partial charge in [0.1, 0.15) is 0 Å². The van der Waals surface area contributed by atoms with E-state index in [1.54, 1.807) is 7.11 Å². The van der Waals surface area contributed by atoms with Crippen LogP contribution < -0.4 is 5.32 Å². The molecule has 2 heterocycles. The van der Waals surface area contributed by atoms with Crippen molar-refractivity contribution in [1.29, 1.82) is 0 Å². The Morgan fingerprint density at radius 1 is 1.67 bits per heavy atom. The van der Waals surface area contributed by atoms with Gasteiger partial charge in [0.15, 0.2) is 5.76 Å². The molecule has 2 atom stereocenters. The van der Waals surface area contributed by atoms with Crippen molar-refractivity contribution < 1.29 is 14.3 Å². The Morgan fingerprint density at radius 2 is 2.53 bits per heavy atom. The Bertz CT molecular complexity index is 275. The number of nitrogens with one attached hydrogen (secondary N) is 1. The van der Waals surface area contributed by atoms with Gasteiger partial charge in [-0.1, -0.05) is 0 Å². The van der Waals surface area contributed by atoms with Gasteiger partial charge in [-0.25, -0.2) is 0 Å². The van der Waals surface area contributed by atoms with Crippen LogP contribution in [-0.2, 0) is 14.3 Å². The predicted molar refractivity (Wildman–Crippen MR) is 55.5 cm³/mol. The third kappa shape index (κ3) is 2.38. The number of ether oxygens (including phenoxy) is 2. The largest absolute Gasteiger partial charge is 0.490 e. The highest BCUT2D eigenvalue weighted by Gasteiger charge is 2.32. The number of hydrogen-bond donors (Lipinski definition) is 1. The first kappa shape index (κ1) is 10.6. The van der Waals surface area contributed by atoms with E-state index in [2.05, 4.69) is 5.32 Å². The molecule has 1 fully saturated rings. The van der Waals surface area contributed by atoms with E-state index >= 15 is 0 Å². The fourth-order valence-corrected chi connectivity index (χ4v) is 1.98. The van der Waals surface area contributed by atoms with Crippen LogP contribution in [0.3, 0.4) is 0 Å². The standard InChI is InChI=1S/C11H17NO3/c1-14-8-6-9(12-7-8)11(13)10-4-2-3-5-15-10/h4,8-9,12H,2-3,5-7H2,1H3. The van der Waals surface area contributed by atoms with Gasteiger partial charge in [-0.2, -0.15) is 0 Å². The normalized spacial score (nSPS) is 30.9. The first-order valence-electron chi connectivity index (χ1n) is 5.44. The number of carbonyl (C=O) groups is 1. The molecule has 0 spiro atoms. The molecule has 4 heteroatoms. The quantitative estimate of drug-likeness (QED) is 0.743. The Morgan fingerprint density at radius 3 is 3.13 bits per heavy atom. The number of hydrogen-bond acceptors (Lipinski definition) is 4. The van der Waals surface area contributed by atoms with Crippen LogP contribution >= 0.6 is 0 Å². The average Bonchev–Trinajstić information content (AvgIpc) is 2.78. The number of Topliss-reactive ketones (excluding diaryl/α,β-unsaturated/α-hetero) is 1. The molecule has 0 bridgehead atoms. The van der Waals surface area contributed by atoms with Gasteiger partial charge in [0.25, 0.3) is 0 Å². The maximum absolute atomic E-state index is 12.0. The second-order valence-electron chi connectivity index (χ2n) is 3.98. The average molecular weight is 211 g/mol. The van der Waals surface area contributed by atoms with Crippen LogP contribution in [0.15, 0.2) is 11.8 Å². The second kappa shape index (κ2) is 4.77. The van der Waals surface area contributed by atoms with Crippen molar-refractivity contribution in [2.24, 2.45) is 0 Å². The topological polar surface area (TPSA) is 47.6 Å². The van der Waals surface area contributed by atoms with E-state index in [1.807, 2.05) is 6.08 Å². The summed E-state index contributed by atoms with van der Waals surface area (Å²) in [6.07, 6.45) is 4.75. The molecule has 0 amide bonds. The van der Waals surface area contributed by atoms with Gasteiger partial charge >= 0.3 is 0 Å². The zero-order chi connectivity index (χ0) is 10.7. The maximum Gasteiger partial charge on any atom is 0.213 e. The van der Waals surface area contributed by atoms with Crippen molar-refractivity contribution in [3.05, 3.63) is 11.8 Å². The SMILES string of the molecule is COC1CNC(C(=O)C2=CCCCO2)C1. The van der Waals surface area contributed by atoms with Crippen LogP contribution in [0.1, 0.15) is 19.3 Å². The van der Waals surface area contributed by atoms with Gasteiger partial charge in [0, 0.05) is 13.7 Å². The Labute approximate surface area is 89.6 Å². The van der Waals surface area contributed by atoms with Crippen LogP contribution in [0.5, 0.6) is 0 Å². The zero-order valence-corrected chi connectivity index (χ0v) is 8.99. The molecule has 2 aliphatic heterocycles. The molecule has 15 heavy (non-hydrogen) atoms. The number of rotatable bonds is 3. The zero-order valence-electron chi connectivity index (χ0n) is 8.99. The fraction of sp³-hybridized carbons (Fsp3) is 0.727. The summed E-state index contributed by atoms with van der Waals surface area (Å²) in [5.41, 5.74) is 0. The first-order valence-corrected chi connectivity index (χ1v) is 5.44. The van der Waals surface area contributed by atoms with Crippen molar-refractivity contribution in [1.82, 2.24) is 5.32 Å². The smallest absolute Gasteiger partial charge is 0.213 e. The molecule has 0 aliphatic carbocycles. The van der Waals surface area contributed by atoms with E-state index < -0.39 is 0 Å². The van der Waals surface area contributed by atoms with E-state index in [0.717, 1.165) is 25.8 Å². The molecule has 0 aromatic rings. The Kier molecular flexibility index (Phi) is 3.38. The van der Waals surface area contributed by atoms with E-state index in [9.17, 15) is 4.79 Å². The minimum absolute atomic E-state index is 0.0780. The van der Waals surface area contributed by atoms with Gasteiger partial charge in [0.2, 0.25) is 5.78 Å². The monoisotopic (exact) mass is 211 g/mol. The number of carbonyl (C=O) groups excluding carboxylic acids is 1. The molecule has 1 saturated heterocycles. The lowest BCUT2D eigenvalue weighted by molar-refractivity contribution is -0.121. The predicted octanol–water partition coefficient (Wildman–Crippen LogP) is 0.627. The Balaban J connectivity index is 1.93. The number of allylic oxidation sites excluding steroid dienone is 1. The Hall–Kier alpha value is -0.870. The highest BCUT2D eigenvalue weighted by Crippen LogP contribution is 2.17. The summed E-state index contributed by atoms with van der Waals surface area (Å²) in [6.45, 7) is 1.41. The van der Waals surface area contributed by atoms with Crippen LogP contribution in [0, 0.1) is 0 Å². The van der Waals surface area contributed by atoms with Crippen LogP contribution in [0.4, 0.5) is 0 Å². The lowest BCUT2D eigenvalue weighted by atomic mass is 10.1. The summed E-state index contributed by atoms with van der Waals surface area (Å²) in [5.74, 6) is 0.616. The third-order valence-electron chi connectivity index (χ3n) is 2.92. The van der Waals surface area contributed by atoms with E-state index in [0.29, 0.717) is 12.4 Å². The van der Waals surface area contributed by atoms with Crippen molar-refractivity contribution >= 4 is 5.78 Å². The summed E-state index contributed by atoms with van der Waals surface area (Å²) in [7, 11) is 1.68. The number of methoxy groups -OCH3 is 1. The third-order valence-corrected chi connectivity index (χ3v) is 2.92. The van der Waals surface area contributed by atoms with Gasteiger partial charge in [0.05, 0.1) is 18.8 Å². The van der Waals surface area contributed by atoms with Crippen molar-refractivity contribution in [3.63, 3.8) is 0 Å². The molecule has 1 N–H and O–H groups in total. The summed E-state index contributed by atoms with van der Waals surface area (Å²) >= 11 is 0. The minimum atomic E-state index is -0.126. The van der Waals surface area contributed by atoms with Gasteiger partial charge in [-0.05, 0) is 25.3 Å². The molecule has 0 radical (unpaired) electrons. The highest BCUT2D eigenvalue weighted by molar-refractivity contribution is 5.98. The summed E-state index contributed by atoms with van der Waals surface area (Å²) in [6, 6.07) is -0.126. The molecule has 2 rings (SSSR count). The lowest BCUT2D eigenvalue weighted by Crippen LogP contribution is -2.33. The minimum Gasteiger partial charge on any atom is -0.490 e. The van der Waals surface area contributed by atoms with Gasteiger partial charge < -0.3 is 14.8 Å². The summed E-state index contributed by atoms with van der Waals surface area (Å²) < 4.78 is 10.6. The molecule has 0 saturated carbocycles. The van der Waals surface area contributed by atoms with E-state index in [4.69, 9.17) is 9.47 Å². The van der Waals surface area contributed by atoms with Crippen LogP contribution in [0.2, 0.25) is 0 Å². The molecule has 2 unspecified atom stereocenters. The molecule has 0 aromatic heterocycles. The molecule has 4 nitrogen and oxygen atoms in total. The maximum atomic E-state index is 12.0. The molecule has 2 aliphatic rings.